The summed E-state index contributed by atoms with van der Waals surface area (Å²) in [6, 6.07) is 8.39. The Balaban J connectivity index is 1.35. The molecule has 0 N–H and O–H groups in total. The molecule has 0 unspecified atom stereocenters. The number of likely N-dealkylation sites (N-methyl/N-ethyl adjacent to an activating group) is 1. The summed E-state index contributed by atoms with van der Waals surface area (Å²) in [7, 11) is 3.97. The first-order valence-corrected chi connectivity index (χ1v) is 11.7. The smallest absolute Gasteiger partial charge is 0.350 e. The van der Waals surface area contributed by atoms with Crippen molar-refractivity contribution in [3.8, 4) is 17.2 Å². The van der Waals surface area contributed by atoms with Crippen LogP contribution in [-0.2, 0) is 6.54 Å². The summed E-state index contributed by atoms with van der Waals surface area (Å²) in [5.41, 5.74) is -1.02. The van der Waals surface area contributed by atoms with Crippen molar-refractivity contribution >= 4 is 5.82 Å². The molecule has 0 amide bonds. The fraction of sp³-hybridized carbons (Fsp3) is 0.269. The van der Waals surface area contributed by atoms with Crippen LogP contribution in [-0.4, -0.2) is 57.0 Å². The van der Waals surface area contributed by atoms with Crippen molar-refractivity contribution in [2.24, 2.45) is 0 Å². The van der Waals surface area contributed by atoms with Crippen LogP contribution in [0.2, 0.25) is 0 Å². The largest absolute Gasteiger partial charge is 0.451 e. The van der Waals surface area contributed by atoms with E-state index < -0.39 is 35.5 Å². The van der Waals surface area contributed by atoms with Crippen LogP contribution in [0.5, 0.6) is 11.5 Å². The molecule has 0 aliphatic carbocycles. The minimum atomic E-state index is -0.869. The van der Waals surface area contributed by atoms with Gasteiger partial charge in [-0.15, -0.1) is 0 Å². The van der Waals surface area contributed by atoms with E-state index in [0.29, 0.717) is 18.9 Å². The summed E-state index contributed by atoms with van der Waals surface area (Å²) >= 11 is 0. The average molecular weight is 529 g/mol. The third kappa shape index (κ3) is 4.62. The molecule has 0 bridgehead atoms. The van der Waals surface area contributed by atoms with Gasteiger partial charge in [0.2, 0.25) is 0 Å². The number of ether oxygens (including phenoxy) is 1. The van der Waals surface area contributed by atoms with Crippen molar-refractivity contribution in [3.05, 3.63) is 94.3 Å². The zero-order chi connectivity index (χ0) is 27.2. The standard InChI is InChI=1S/C26H24F4N6O2/c1-26(33(2)3)13-35(14-26)24-10-23(21(30)11-31-24)38-22-8-7-16(9-20(22)29)36-25(37)34(15-32-36)12-17-18(27)5-4-6-19(17)28/h4-11,15H,12-14H2,1-3H3. The predicted molar refractivity (Wildman–Crippen MR) is 132 cm³/mol. The van der Waals surface area contributed by atoms with E-state index in [4.69, 9.17) is 4.74 Å². The van der Waals surface area contributed by atoms with Crippen LogP contribution in [0.15, 0.2) is 59.8 Å². The minimum Gasteiger partial charge on any atom is -0.451 e. The van der Waals surface area contributed by atoms with Crippen molar-refractivity contribution in [1.82, 2.24) is 24.2 Å². The minimum absolute atomic E-state index is 0.0342. The Morgan fingerprint density at radius 3 is 2.34 bits per heavy atom. The number of benzene rings is 2. The molecule has 2 aromatic heterocycles. The van der Waals surface area contributed by atoms with Gasteiger partial charge in [0, 0.05) is 30.8 Å². The first kappa shape index (κ1) is 25.5. The van der Waals surface area contributed by atoms with Crippen LogP contribution in [0.25, 0.3) is 5.69 Å². The molecule has 1 aliphatic rings. The monoisotopic (exact) mass is 528 g/mol. The second-order valence-electron chi connectivity index (χ2n) is 9.59. The zero-order valence-corrected chi connectivity index (χ0v) is 20.8. The Morgan fingerprint density at radius 1 is 0.974 bits per heavy atom. The molecule has 3 heterocycles. The van der Waals surface area contributed by atoms with E-state index >= 15 is 0 Å². The van der Waals surface area contributed by atoms with Crippen LogP contribution in [0.4, 0.5) is 23.4 Å². The van der Waals surface area contributed by atoms with Gasteiger partial charge < -0.3 is 14.5 Å². The van der Waals surface area contributed by atoms with Gasteiger partial charge in [-0.1, -0.05) is 6.07 Å². The number of hydrogen-bond donors (Lipinski definition) is 0. The summed E-state index contributed by atoms with van der Waals surface area (Å²) in [5.74, 6) is -3.20. The Kier molecular flexibility index (Phi) is 6.43. The van der Waals surface area contributed by atoms with Crippen LogP contribution < -0.4 is 15.3 Å². The Bertz CT molecular complexity index is 1540. The summed E-state index contributed by atoms with van der Waals surface area (Å²) < 4.78 is 64.7. The molecule has 1 fully saturated rings. The molecule has 0 radical (unpaired) electrons. The third-order valence-corrected chi connectivity index (χ3v) is 6.78. The van der Waals surface area contributed by atoms with Gasteiger partial charge in [0.15, 0.2) is 23.1 Å². The molecule has 1 saturated heterocycles. The van der Waals surface area contributed by atoms with Crippen molar-refractivity contribution in [1.29, 1.82) is 0 Å². The van der Waals surface area contributed by atoms with E-state index in [-0.39, 0.29) is 28.3 Å². The lowest BCUT2D eigenvalue weighted by atomic mass is 9.91. The molecule has 2 aromatic carbocycles. The Morgan fingerprint density at radius 2 is 1.68 bits per heavy atom. The van der Waals surface area contributed by atoms with Crippen molar-refractivity contribution in [2.75, 3.05) is 32.1 Å². The molecule has 0 saturated carbocycles. The van der Waals surface area contributed by atoms with E-state index in [1.165, 1.54) is 24.3 Å². The number of halogens is 4. The van der Waals surface area contributed by atoms with Crippen molar-refractivity contribution < 1.29 is 22.3 Å². The van der Waals surface area contributed by atoms with Gasteiger partial charge in [-0.05, 0) is 45.3 Å². The maximum absolute atomic E-state index is 14.9. The van der Waals surface area contributed by atoms with E-state index in [1.54, 1.807) is 0 Å². The van der Waals surface area contributed by atoms with Gasteiger partial charge in [-0.3, -0.25) is 4.57 Å². The van der Waals surface area contributed by atoms with Crippen LogP contribution in [0.1, 0.15) is 12.5 Å². The fourth-order valence-electron chi connectivity index (χ4n) is 4.18. The highest BCUT2D eigenvalue weighted by Crippen LogP contribution is 2.34. The van der Waals surface area contributed by atoms with Crippen LogP contribution in [0, 0.1) is 23.3 Å². The molecule has 5 rings (SSSR count). The lowest BCUT2D eigenvalue weighted by Crippen LogP contribution is -2.67. The fourth-order valence-corrected chi connectivity index (χ4v) is 4.18. The number of rotatable bonds is 7. The first-order chi connectivity index (χ1) is 18.1. The molecule has 12 heteroatoms. The van der Waals surface area contributed by atoms with Crippen molar-refractivity contribution in [3.63, 3.8) is 0 Å². The molecule has 0 spiro atoms. The third-order valence-electron chi connectivity index (χ3n) is 6.78. The van der Waals surface area contributed by atoms with Gasteiger partial charge in [-0.25, -0.2) is 27.3 Å². The number of nitrogens with zero attached hydrogens (tertiary/aromatic N) is 6. The molecule has 4 aromatic rings. The summed E-state index contributed by atoms with van der Waals surface area (Å²) in [5, 5.41) is 3.92. The average Bonchev–Trinajstić information content (AvgIpc) is 3.21. The van der Waals surface area contributed by atoms with Crippen molar-refractivity contribution in [2.45, 2.75) is 19.0 Å². The quantitative estimate of drug-likeness (QED) is 0.339. The van der Waals surface area contributed by atoms with E-state index in [0.717, 1.165) is 40.0 Å². The van der Waals surface area contributed by atoms with Gasteiger partial charge in [0.05, 0.1) is 24.0 Å². The second-order valence-corrected chi connectivity index (χ2v) is 9.59. The van der Waals surface area contributed by atoms with Crippen LogP contribution >= 0.6 is 0 Å². The maximum atomic E-state index is 14.9. The molecule has 198 valence electrons. The molecule has 1 aliphatic heterocycles. The predicted octanol–water partition coefficient (Wildman–Crippen LogP) is 3.97. The lowest BCUT2D eigenvalue weighted by molar-refractivity contribution is 0.132. The lowest BCUT2D eigenvalue weighted by Gasteiger charge is -2.52. The summed E-state index contributed by atoms with van der Waals surface area (Å²) in [6.45, 7) is 3.08. The summed E-state index contributed by atoms with van der Waals surface area (Å²) in [6.07, 6.45) is 2.12. The number of hydrogen-bond acceptors (Lipinski definition) is 6. The highest BCUT2D eigenvalue weighted by atomic mass is 19.1. The SMILES string of the molecule is CN(C)C1(C)CN(c2cc(Oc3ccc(-n4ncn(Cc5c(F)cccc5F)c4=O)cc3F)c(F)cn2)C1. The van der Waals surface area contributed by atoms with E-state index in [1.807, 2.05) is 19.0 Å². The summed E-state index contributed by atoms with van der Waals surface area (Å²) in [4.78, 5) is 20.9. The van der Waals surface area contributed by atoms with Gasteiger partial charge in [-0.2, -0.15) is 9.78 Å². The Hall–Kier alpha value is -4.19. The molecular weight excluding hydrogens is 504 g/mol. The highest BCUT2D eigenvalue weighted by molar-refractivity contribution is 5.50. The number of aromatic nitrogens is 4. The van der Waals surface area contributed by atoms with E-state index in [9.17, 15) is 22.4 Å². The van der Waals surface area contributed by atoms with Crippen LogP contribution in [0.3, 0.4) is 0 Å². The van der Waals surface area contributed by atoms with Gasteiger partial charge >= 0.3 is 5.69 Å². The van der Waals surface area contributed by atoms with Gasteiger partial charge in [0.1, 0.15) is 23.8 Å². The topological polar surface area (TPSA) is 68.4 Å². The molecule has 0 atom stereocenters. The zero-order valence-electron chi connectivity index (χ0n) is 20.8. The first-order valence-electron chi connectivity index (χ1n) is 11.7. The second kappa shape index (κ2) is 9.60. The molecule has 8 nitrogen and oxygen atoms in total. The highest BCUT2D eigenvalue weighted by Gasteiger charge is 2.41. The maximum Gasteiger partial charge on any atom is 0.350 e. The van der Waals surface area contributed by atoms with Gasteiger partial charge in [0.25, 0.3) is 0 Å². The normalized spacial score (nSPS) is 14.6. The number of pyridine rings is 1. The molecular formula is C26H24F4N6O2. The van der Waals surface area contributed by atoms with E-state index in [2.05, 4.69) is 21.9 Å². The Labute approximate surface area is 215 Å². The molecule has 38 heavy (non-hydrogen) atoms. The number of anilines is 1.